The van der Waals surface area contributed by atoms with Crippen LogP contribution in [0.15, 0.2) is 42.5 Å². The average Bonchev–Trinajstić information content (AvgIpc) is 3.56. The Labute approximate surface area is 304 Å². The van der Waals surface area contributed by atoms with Crippen LogP contribution in [0, 0.1) is 11.8 Å². The maximum absolute atomic E-state index is 13.0. The van der Waals surface area contributed by atoms with Crippen LogP contribution in [0.2, 0.25) is 83.6 Å². The predicted molar refractivity (Wildman–Crippen MR) is 209 cm³/mol. The summed E-state index contributed by atoms with van der Waals surface area (Å²) in [6.07, 6.45) is 2.23. The van der Waals surface area contributed by atoms with Gasteiger partial charge in [0.15, 0.2) is 33.3 Å². The molecule has 5 rings (SSSR count). The number of benzene rings is 2. The molecule has 2 aliphatic carbocycles. The quantitative estimate of drug-likeness (QED) is 0.192. The standard InChI is InChI=1S/C37H61ClO7Si4/c1-46(2,3)40-24-33-34(43-47(4,5)6)35(44-48(7,8)9)36(45-49(10,11)12)37(39,42-33)29-15-18-32(38)28(21-29)19-25-13-16-30(17-14-25)41-31-22-26-20-27(26)23-31/h13-18,21,26-27,31,33-36,39H,19-20,22-24H2,1-12H3/t26?,27?,31?,33-,34-,35+,36-,37?/m1/s1. The first kappa shape index (κ1) is 39.4. The third kappa shape index (κ3) is 10.8. The van der Waals surface area contributed by atoms with Gasteiger partial charge in [0, 0.05) is 10.6 Å². The van der Waals surface area contributed by atoms with E-state index < -0.39 is 63.5 Å². The van der Waals surface area contributed by atoms with Gasteiger partial charge in [-0.25, -0.2) is 0 Å². The van der Waals surface area contributed by atoms with Crippen molar-refractivity contribution in [2.45, 2.75) is 141 Å². The lowest BCUT2D eigenvalue weighted by Gasteiger charge is -2.54. The summed E-state index contributed by atoms with van der Waals surface area (Å²) in [7, 11) is -8.49. The first-order valence-electron chi connectivity index (χ1n) is 18.1. The van der Waals surface area contributed by atoms with Gasteiger partial charge in [0.25, 0.3) is 0 Å². The monoisotopic (exact) mass is 764 g/mol. The molecule has 0 spiro atoms. The minimum atomic E-state index is -2.26. The Morgan fingerprint density at radius 3 is 1.86 bits per heavy atom. The number of hydrogen-bond donors (Lipinski definition) is 1. The summed E-state index contributed by atoms with van der Waals surface area (Å²) in [5.74, 6) is 0.853. The number of hydrogen-bond acceptors (Lipinski definition) is 7. The van der Waals surface area contributed by atoms with Gasteiger partial charge in [-0.2, -0.15) is 0 Å². The van der Waals surface area contributed by atoms with Crippen LogP contribution in [0.5, 0.6) is 5.75 Å². The molecular formula is C37H61ClO7Si4. The summed E-state index contributed by atoms with van der Waals surface area (Å²) in [6.45, 7) is 26.2. The first-order chi connectivity index (χ1) is 22.5. The van der Waals surface area contributed by atoms with E-state index in [1.807, 2.05) is 18.2 Å². The van der Waals surface area contributed by atoms with Gasteiger partial charge in [-0.3, -0.25) is 0 Å². The fraction of sp³-hybridized carbons (Fsp3) is 0.676. The number of rotatable bonds is 14. The normalized spacial score (nSPS) is 30.7. The van der Waals surface area contributed by atoms with Gasteiger partial charge in [-0.05, 0) is 151 Å². The van der Waals surface area contributed by atoms with Crippen LogP contribution in [0.4, 0.5) is 0 Å². The highest BCUT2D eigenvalue weighted by molar-refractivity contribution is 6.71. The second-order valence-electron chi connectivity index (χ2n) is 18.4. The van der Waals surface area contributed by atoms with Crippen molar-refractivity contribution in [1.29, 1.82) is 0 Å². The Balaban J connectivity index is 1.50. The zero-order valence-corrected chi connectivity index (χ0v) is 36.6. The maximum Gasteiger partial charge on any atom is 0.221 e. The minimum Gasteiger partial charge on any atom is -0.490 e. The van der Waals surface area contributed by atoms with E-state index in [1.165, 1.54) is 19.3 Å². The van der Waals surface area contributed by atoms with Crippen molar-refractivity contribution >= 4 is 44.9 Å². The summed E-state index contributed by atoms with van der Waals surface area (Å²) >= 11 is 6.85. The molecule has 2 saturated carbocycles. The predicted octanol–water partition coefficient (Wildman–Crippen LogP) is 9.16. The Hall–Kier alpha value is -0.842. The minimum absolute atomic E-state index is 0.287. The zero-order chi connectivity index (χ0) is 36.2. The van der Waals surface area contributed by atoms with E-state index in [0.29, 0.717) is 23.1 Å². The van der Waals surface area contributed by atoms with Gasteiger partial charge in [0.2, 0.25) is 5.79 Å². The van der Waals surface area contributed by atoms with Crippen LogP contribution in [0.25, 0.3) is 0 Å². The van der Waals surface area contributed by atoms with Crippen LogP contribution < -0.4 is 4.74 Å². The molecular weight excluding hydrogens is 704 g/mol. The fourth-order valence-corrected chi connectivity index (χ4v) is 11.1. The first-order valence-corrected chi connectivity index (χ1v) is 32.1. The van der Waals surface area contributed by atoms with Gasteiger partial charge in [-0.1, -0.05) is 29.8 Å². The topological polar surface area (TPSA) is 75.6 Å². The lowest BCUT2D eigenvalue weighted by Crippen LogP contribution is -2.69. The summed E-state index contributed by atoms with van der Waals surface area (Å²) in [5.41, 5.74) is 2.59. The SMILES string of the molecule is C[Si](C)(C)OC[C@H]1OC(O)(c2ccc(Cl)c(Cc3ccc(OC4CC5CC5C4)cc3)c2)[C@H](O[Si](C)(C)C)[C@@H](O[Si](C)(C)C)[C@@H]1O[Si](C)(C)C. The van der Waals surface area contributed by atoms with Crippen molar-refractivity contribution < 1.29 is 32.3 Å². The van der Waals surface area contributed by atoms with Crippen LogP contribution in [-0.4, -0.2) is 75.5 Å². The largest absolute Gasteiger partial charge is 0.490 e. The summed E-state index contributed by atoms with van der Waals surface area (Å²) < 4.78 is 40.5. The van der Waals surface area contributed by atoms with E-state index in [0.717, 1.165) is 28.7 Å². The van der Waals surface area contributed by atoms with Crippen LogP contribution in [0.1, 0.15) is 36.0 Å². The molecule has 274 valence electrons. The number of ether oxygens (including phenoxy) is 2. The smallest absolute Gasteiger partial charge is 0.221 e. The van der Waals surface area contributed by atoms with Crippen molar-refractivity contribution in [1.82, 2.24) is 0 Å². The van der Waals surface area contributed by atoms with Crippen LogP contribution >= 0.6 is 11.6 Å². The molecule has 2 aromatic rings. The molecule has 1 saturated heterocycles. The van der Waals surface area contributed by atoms with Crippen molar-refractivity contribution in [3.63, 3.8) is 0 Å². The second-order valence-corrected chi connectivity index (χ2v) is 36.7. The van der Waals surface area contributed by atoms with E-state index in [-0.39, 0.29) is 6.61 Å². The Bertz CT molecular complexity index is 1420. The van der Waals surface area contributed by atoms with E-state index in [9.17, 15) is 5.11 Å². The molecule has 3 unspecified atom stereocenters. The van der Waals surface area contributed by atoms with Gasteiger partial charge < -0.3 is 32.3 Å². The Morgan fingerprint density at radius 2 is 1.31 bits per heavy atom. The Kier molecular flexibility index (Phi) is 11.7. The molecule has 12 heteroatoms. The lowest BCUT2D eigenvalue weighted by molar-refractivity contribution is -0.348. The van der Waals surface area contributed by atoms with E-state index in [1.54, 1.807) is 0 Å². The molecule has 0 aromatic heterocycles. The second kappa shape index (κ2) is 14.5. The average molecular weight is 766 g/mol. The molecule has 49 heavy (non-hydrogen) atoms. The molecule has 3 aliphatic rings. The van der Waals surface area contributed by atoms with Gasteiger partial charge in [-0.15, -0.1) is 0 Å². The molecule has 0 amide bonds. The summed E-state index contributed by atoms with van der Waals surface area (Å²) in [6, 6.07) is 14.0. The van der Waals surface area contributed by atoms with E-state index >= 15 is 0 Å². The molecule has 0 radical (unpaired) electrons. The number of halogens is 1. The van der Waals surface area contributed by atoms with E-state index in [2.05, 4.69) is 103 Å². The third-order valence-corrected chi connectivity index (χ3v) is 13.4. The maximum atomic E-state index is 13.0. The van der Waals surface area contributed by atoms with E-state index in [4.69, 9.17) is 38.8 Å². The molecule has 3 fully saturated rings. The third-order valence-electron chi connectivity index (χ3n) is 9.13. The van der Waals surface area contributed by atoms with Gasteiger partial charge >= 0.3 is 0 Å². The van der Waals surface area contributed by atoms with Crippen molar-refractivity contribution in [2.24, 2.45) is 11.8 Å². The molecule has 1 heterocycles. The molecule has 1 N–H and O–H groups in total. The summed E-state index contributed by atoms with van der Waals surface area (Å²) in [4.78, 5) is 0. The number of fused-ring (bicyclic) bond motifs is 1. The highest BCUT2D eigenvalue weighted by Gasteiger charge is 2.59. The van der Waals surface area contributed by atoms with Gasteiger partial charge in [0.05, 0.1) is 12.7 Å². The van der Waals surface area contributed by atoms with Crippen LogP contribution in [0.3, 0.4) is 0 Å². The highest BCUT2D eigenvalue weighted by atomic mass is 35.5. The van der Waals surface area contributed by atoms with Crippen molar-refractivity contribution in [3.05, 3.63) is 64.2 Å². The fourth-order valence-electron chi connectivity index (χ4n) is 7.07. The van der Waals surface area contributed by atoms with Gasteiger partial charge in [0.1, 0.15) is 30.2 Å². The highest BCUT2D eigenvalue weighted by Crippen LogP contribution is 2.52. The number of aliphatic hydroxyl groups is 1. The molecule has 0 bridgehead atoms. The molecule has 7 nitrogen and oxygen atoms in total. The Morgan fingerprint density at radius 1 is 0.735 bits per heavy atom. The lowest BCUT2D eigenvalue weighted by atomic mass is 9.87. The molecule has 2 aromatic carbocycles. The zero-order valence-electron chi connectivity index (χ0n) is 31.9. The molecule has 1 aliphatic heterocycles. The summed E-state index contributed by atoms with van der Waals surface area (Å²) in [5, 5.41) is 13.6. The van der Waals surface area contributed by atoms with Crippen molar-refractivity contribution in [3.8, 4) is 5.75 Å². The van der Waals surface area contributed by atoms with Crippen LogP contribution in [-0.2, 0) is 34.6 Å². The van der Waals surface area contributed by atoms with Crippen molar-refractivity contribution in [2.75, 3.05) is 6.61 Å². The molecule has 7 atom stereocenters.